The molecular weight excluding hydrogens is 215 g/mol. The van der Waals surface area contributed by atoms with Gasteiger partial charge >= 0.3 is 0 Å². The van der Waals surface area contributed by atoms with Crippen LogP contribution in [-0.4, -0.2) is 13.1 Å². The fourth-order valence-electron chi connectivity index (χ4n) is 2.13. The van der Waals surface area contributed by atoms with Crippen molar-refractivity contribution in [1.29, 1.82) is 0 Å². The van der Waals surface area contributed by atoms with Gasteiger partial charge in [0.25, 0.3) is 0 Å². The average molecular weight is 229 g/mol. The van der Waals surface area contributed by atoms with Gasteiger partial charge in [-0.05, 0) is 49.9 Å². The van der Waals surface area contributed by atoms with E-state index in [4.69, 9.17) is 0 Å². The maximum absolute atomic E-state index is 13.4. The Morgan fingerprint density at radius 2 is 2.00 bits per heavy atom. The van der Waals surface area contributed by atoms with Gasteiger partial charge in [-0.1, -0.05) is 6.07 Å². The van der Waals surface area contributed by atoms with Crippen LogP contribution in [0.5, 0.6) is 0 Å². The highest BCUT2D eigenvalue weighted by molar-refractivity contribution is 5.21. The average Bonchev–Trinajstić information content (AvgIpc) is 2.31. The predicted octanol–water partition coefficient (Wildman–Crippen LogP) is 2.65. The Hall–Kier alpha value is -1.03. The van der Waals surface area contributed by atoms with Crippen molar-refractivity contribution in [3.05, 3.63) is 35.1 Å². The third-order valence-corrected chi connectivity index (χ3v) is 3.02. The van der Waals surface area contributed by atoms with Crippen LogP contribution in [0.15, 0.2) is 12.1 Å². The molecule has 0 saturated carbocycles. The van der Waals surface area contributed by atoms with Crippen LogP contribution in [0.2, 0.25) is 0 Å². The Morgan fingerprint density at radius 1 is 1.19 bits per heavy atom. The molecule has 1 nitrogen and oxygen atoms in total. The smallest absolute Gasteiger partial charge is 0.194 e. The maximum atomic E-state index is 13.4. The molecule has 1 aromatic carbocycles. The zero-order valence-electron chi connectivity index (χ0n) is 8.90. The van der Waals surface area contributed by atoms with Gasteiger partial charge < -0.3 is 5.32 Å². The first kappa shape index (κ1) is 11.5. The highest BCUT2D eigenvalue weighted by Gasteiger charge is 2.18. The molecule has 4 heteroatoms. The Labute approximate surface area is 92.7 Å². The molecule has 1 atom stereocenters. The molecular formula is C12H14F3N. The zero-order chi connectivity index (χ0) is 11.5. The molecule has 88 valence electrons. The van der Waals surface area contributed by atoms with Gasteiger partial charge in [-0.3, -0.25) is 0 Å². The molecule has 2 rings (SSSR count). The fourth-order valence-corrected chi connectivity index (χ4v) is 2.13. The number of rotatable bonds is 2. The molecule has 0 radical (unpaired) electrons. The van der Waals surface area contributed by atoms with Gasteiger partial charge in [0.05, 0.1) is 0 Å². The second kappa shape index (κ2) is 4.87. The zero-order valence-corrected chi connectivity index (χ0v) is 8.90. The summed E-state index contributed by atoms with van der Waals surface area (Å²) in [7, 11) is 0. The van der Waals surface area contributed by atoms with Crippen molar-refractivity contribution in [2.24, 2.45) is 5.92 Å². The quantitative estimate of drug-likeness (QED) is 0.769. The Bertz CT molecular complexity index is 373. The first-order chi connectivity index (χ1) is 7.68. The highest BCUT2D eigenvalue weighted by Crippen LogP contribution is 2.21. The SMILES string of the molecule is Fc1ccc(CC2CCCNC2)c(F)c1F. The number of benzene rings is 1. The van der Waals surface area contributed by atoms with Gasteiger partial charge in [-0.2, -0.15) is 0 Å². The Balaban J connectivity index is 2.11. The van der Waals surface area contributed by atoms with Crippen LogP contribution in [0.4, 0.5) is 13.2 Å². The first-order valence-corrected chi connectivity index (χ1v) is 5.51. The van der Waals surface area contributed by atoms with E-state index in [1.54, 1.807) is 0 Å². The minimum Gasteiger partial charge on any atom is -0.316 e. The first-order valence-electron chi connectivity index (χ1n) is 5.51. The standard InChI is InChI=1S/C12H14F3N/c13-10-4-3-9(11(14)12(10)15)6-8-2-1-5-16-7-8/h3-4,8,16H,1-2,5-7H2. The number of hydrogen-bond acceptors (Lipinski definition) is 1. The lowest BCUT2D eigenvalue weighted by molar-refractivity contribution is 0.366. The summed E-state index contributed by atoms with van der Waals surface area (Å²) in [6, 6.07) is 2.33. The second-order valence-electron chi connectivity index (χ2n) is 4.25. The van der Waals surface area contributed by atoms with Gasteiger partial charge in [-0.25, -0.2) is 13.2 Å². The molecule has 1 aliphatic heterocycles. The highest BCUT2D eigenvalue weighted by atomic mass is 19.2. The number of piperidine rings is 1. The summed E-state index contributed by atoms with van der Waals surface area (Å²) in [5.74, 6) is -3.21. The summed E-state index contributed by atoms with van der Waals surface area (Å²) >= 11 is 0. The fraction of sp³-hybridized carbons (Fsp3) is 0.500. The minimum atomic E-state index is -1.36. The van der Waals surface area contributed by atoms with Gasteiger partial charge in [-0.15, -0.1) is 0 Å². The molecule has 0 spiro atoms. The molecule has 1 N–H and O–H groups in total. The molecule has 0 aliphatic carbocycles. The summed E-state index contributed by atoms with van der Waals surface area (Å²) in [5, 5.41) is 3.21. The van der Waals surface area contributed by atoms with Crippen molar-refractivity contribution in [3.63, 3.8) is 0 Å². The van der Waals surface area contributed by atoms with Crippen molar-refractivity contribution < 1.29 is 13.2 Å². The molecule has 1 heterocycles. The van der Waals surface area contributed by atoms with Gasteiger partial charge in [0.2, 0.25) is 0 Å². The van der Waals surface area contributed by atoms with E-state index in [0.29, 0.717) is 12.3 Å². The van der Waals surface area contributed by atoms with Crippen molar-refractivity contribution in [1.82, 2.24) is 5.32 Å². The molecule has 1 saturated heterocycles. The largest absolute Gasteiger partial charge is 0.316 e. The molecule has 1 aliphatic rings. The Morgan fingerprint density at radius 3 is 2.69 bits per heavy atom. The van der Waals surface area contributed by atoms with Crippen molar-refractivity contribution >= 4 is 0 Å². The van der Waals surface area contributed by atoms with E-state index >= 15 is 0 Å². The van der Waals surface area contributed by atoms with Gasteiger partial charge in [0.1, 0.15) is 0 Å². The van der Waals surface area contributed by atoms with E-state index < -0.39 is 17.5 Å². The second-order valence-corrected chi connectivity index (χ2v) is 4.25. The molecule has 0 amide bonds. The third kappa shape index (κ3) is 2.38. The monoisotopic (exact) mass is 229 g/mol. The van der Waals surface area contributed by atoms with Crippen LogP contribution in [0.3, 0.4) is 0 Å². The number of hydrogen-bond donors (Lipinski definition) is 1. The summed E-state index contributed by atoms with van der Waals surface area (Å²) in [6.45, 7) is 1.80. The summed E-state index contributed by atoms with van der Waals surface area (Å²) in [5.41, 5.74) is 0.271. The van der Waals surface area contributed by atoms with Crippen molar-refractivity contribution in [2.75, 3.05) is 13.1 Å². The van der Waals surface area contributed by atoms with Crippen LogP contribution in [0.1, 0.15) is 18.4 Å². The van der Waals surface area contributed by atoms with E-state index in [9.17, 15) is 13.2 Å². The number of nitrogens with one attached hydrogen (secondary N) is 1. The van der Waals surface area contributed by atoms with Gasteiger partial charge in [0, 0.05) is 0 Å². The number of halogens is 3. The van der Waals surface area contributed by atoms with Crippen molar-refractivity contribution in [2.45, 2.75) is 19.3 Å². The molecule has 0 bridgehead atoms. The molecule has 1 aromatic rings. The van der Waals surface area contributed by atoms with Crippen LogP contribution < -0.4 is 5.32 Å². The topological polar surface area (TPSA) is 12.0 Å². The predicted molar refractivity (Wildman–Crippen MR) is 55.6 cm³/mol. The lowest BCUT2D eigenvalue weighted by Crippen LogP contribution is -2.31. The lowest BCUT2D eigenvalue weighted by Gasteiger charge is -2.22. The third-order valence-electron chi connectivity index (χ3n) is 3.02. The van der Waals surface area contributed by atoms with Crippen LogP contribution in [0, 0.1) is 23.4 Å². The van der Waals surface area contributed by atoms with E-state index in [1.807, 2.05) is 0 Å². The molecule has 0 aromatic heterocycles. The van der Waals surface area contributed by atoms with E-state index in [2.05, 4.69) is 5.32 Å². The summed E-state index contributed by atoms with van der Waals surface area (Å²) in [4.78, 5) is 0. The van der Waals surface area contributed by atoms with Gasteiger partial charge in [0.15, 0.2) is 17.5 Å². The molecule has 1 unspecified atom stereocenters. The normalized spacial score (nSPS) is 21.1. The van der Waals surface area contributed by atoms with E-state index in [1.165, 1.54) is 6.07 Å². The van der Waals surface area contributed by atoms with Crippen LogP contribution >= 0.6 is 0 Å². The minimum absolute atomic E-state index is 0.271. The molecule has 1 fully saturated rings. The van der Waals surface area contributed by atoms with Crippen LogP contribution in [0.25, 0.3) is 0 Å². The Kier molecular flexibility index (Phi) is 3.49. The maximum Gasteiger partial charge on any atom is 0.194 e. The van der Waals surface area contributed by atoms with Crippen LogP contribution in [-0.2, 0) is 6.42 Å². The summed E-state index contributed by atoms with van der Waals surface area (Å²) < 4.78 is 39.1. The molecule has 16 heavy (non-hydrogen) atoms. The lowest BCUT2D eigenvalue weighted by atomic mass is 9.92. The summed E-state index contributed by atoms with van der Waals surface area (Å²) in [6.07, 6.45) is 2.53. The van der Waals surface area contributed by atoms with Crippen molar-refractivity contribution in [3.8, 4) is 0 Å². The van der Waals surface area contributed by atoms with E-state index in [-0.39, 0.29) is 5.56 Å². The van der Waals surface area contributed by atoms with E-state index in [0.717, 1.165) is 32.0 Å².